The van der Waals surface area contributed by atoms with Gasteiger partial charge in [0.1, 0.15) is 0 Å². The minimum Gasteiger partial charge on any atom is -0.451 e. The SMILES string of the molecule is CSc1ncc(C(=O)OCC(=O)NNC(=O)c2cccc([N+](=O)[O-])c2)n1-c1ccccc1. The van der Waals surface area contributed by atoms with Crippen molar-refractivity contribution in [1.82, 2.24) is 20.4 Å². The van der Waals surface area contributed by atoms with Gasteiger partial charge in [-0.15, -0.1) is 0 Å². The lowest BCUT2D eigenvalue weighted by atomic mass is 10.2. The third-order valence-corrected chi connectivity index (χ3v) is 4.76. The minimum atomic E-state index is -0.798. The largest absolute Gasteiger partial charge is 0.451 e. The van der Waals surface area contributed by atoms with Gasteiger partial charge in [-0.05, 0) is 24.5 Å². The third-order valence-electron chi connectivity index (χ3n) is 4.10. The van der Waals surface area contributed by atoms with Crippen LogP contribution in [0.5, 0.6) is 0 Å². The summed E-state index contributed by atoms with van der Waals surface area (Å²) >= 11 is 1.34. The number of para-hydroxylation sites is 1. The molecular formula is C20H17N5O6S. The second kappa shape index (κ2) is 10.2. The van der Waals surface area contributed by atoms with Gasteiger partial charge in [-0.1, -0.05) is 36.0 Å². The molecule has 2 amide bonds. The number of ether oxygens (including phenoxy) is 1. The van der Waals surface area contributed by atoms with Gasteiger partial charge in [-0.3, -0.25) is 35.1 Å². The van der Waals surface area contributed by atoms with Crippen LogP contribution in [0.2, 0.25) is 0 Å². The first kappa shape index (κ1) is 22.5. The Kier molecular flexibility index (Phi) is 7.18. The van der Waals surface area contributed by atoms with Gasteiger partial charge in [0.05, 0.1) is 11.1 Å². The number of imidazole rings is 1. The lowest BCUT2D eigenvalue weighted by Crippen LogP contribution is -2.43. The molecule has 0 radical (unpaired) electrons. The summed E-state index contributed by atoms with van der Waals surface area (Å²) in [6.07, 6.45) is 3.16. The van der Waals surface area contributed by atoms with E-state index in [4.69, 9.17) is 4.74 Å². The number of non-ortho nitro benzene ring substituents is 1. The van der Waals surface area contributed by atoms with Crippen molar-refractivity contribution < 1.29 is 24.0 Å². The second-order valence-electron chi connectivity index (χ2n) is 6.19. The third kappa shape index (κ3) is 5.29. The molecule has 0 saturated carbocycles. The number of amides is 2. The maximum Gasteiger partial charge on any atom is 0.357 e. The van der Waals surface area contributed by atoms with Crippen LogP contribution >= 0.6 is 11.8 Å². The van der Waals surface area contributed by atoms with Crippen molar-refractivity contribution in [1.29, 1.82) is 0 Å². The van der Waals surface area contributed by atoms with E-state index in [-0.39, 0.29) is 16.9 Å². The predicted molar refractivity (Wildman–Crippen MR) is 114 cm³/mol. The quantitative estimate of drug-likeness (QED) is 0.238. The highest BCUT2D eigenvalue weighted by Gasteiger charge is 2.20. The number of esters is 1. The lowest BCUT2D eigenvalue weighted by Gasteiger charge is -2.11. The molecule has 2 aromatic carbocycles. The molecule has 0 aliphatic rings. The molecule has 0 fully saturated rings. The van der Waals surface area contributed by atoms with Gasteiger partial charge >= 0.3 is 5.97 Å². The van der Waals surface area contributed by atoms with E-state index in [1.165, 1.54) is 36.2 Å². The van der Waals surface area contributed by atoms with Crippen molar-refractivity contribution in [3.05, 3.63) is 82.2 Å². The number of hydrogen-bond acceptors (Lipinski definition) is 8. The average molecular weight is 455 g/mol. The molecule has 3 aromatic rings. The van der Waals surface area contributed by atoms with Crippen LogP contribution in [0.15, 0.2) is 66.0 Å². The monoisotopic (exact) mass is 455 g/mol. The van der Waals surface area contributed by atoms with Crippen LogP contribution in [0.1, 0.15) is 20.8 Å². The van der Waals surface area contributed by atoms with Crippen LogP contribution in [-0.2, 0) is 9.53 Å². The summed E-state index contributed by atoms with van der Waals surface area (Å²) in [6.45, 7) is -0.664. The maximum atomic E-state index is 12.5. The van der Waals surface area contributed by atoms with Crippen molar-refractivity contribution >= 4 is 35.2 Å². The van der Waals surface area contributed by atoms with E-state index >= 15 is 0 Å². The number of nitro groups is 1. The zero-order chi connectivity index (χ0) is 23.1. The molecule has 1 heterocycles. The number of carbonyl (C=O) groups is 3. The molecule has 164 valence electrons. The van der Waals surface area contributed by atoms with Crippen LogP contribution in [0.3, 0.4) is 0 Å². The number of rotatable bonds is 7. The summed E-state index contributed by atoms with van der Waals surface area (Å²) in [5.41, 5.74) is 4.74. The van der Waals surface area contributed by atoms with E-state index in [1.807, 2.05) is 24.5 Å². The molecular weight excluding hydrogens is 438 g/mol. The van der Waals surface area contributed by atoms with Gasteiger partial charge in [0.25, 0.3) is 17.5 Å². The summed E-state index contributed by atoms with van der Waals surface area (Å²) in [4.78, 5) is 50.9. The summed E-state index contributed by atoms with van der Waals surface area (Å²) < 4.78 is 6.64. The van der Waals surface area contributed by atoms with E-state index < -0.39 is 29.3 Å². The molecule has 0 spiro atoms. The Balaban J connectivity index is 1.58. The Morgan fingerprint density at radius 3 is 2.56 bits per heavy atom. The number of aromatic nitrogens is 2. The summed E-state index contributed by atoms with van der Waals surface area (Å²) in [5.74, 6) is -2.34. The van der Waals surface area contributed by atoms with E-state index in [9.17, 15) is 24.5 Å². The van der Waals surface area contributed by atoms with Gasteiger partial charge in [-0.25, -0.2) is 9.78 Å². The highest BCUT2D eigenvalue weighted by Crippen LogP contribution is 2.22. The number of benzene rings is 2. The molecule has 0 atom stereocenters. The van der Waals surface area contributed by atoms with Crippen molar-refractivity contribution in [2.45, 2.75) is 5.16 Å². The number of nitrogens with one attached hydrogen (secondary N) is 2. The van der Waals surface area contributed by atoms with Crippen molar-refractivity contribution in [2.75, 3.05) is 12.9 Å². The maximum absolute atomic E-state index is 12.5. The van der Waals surface area contributed by atoms with Crippen LogP contribution in [0.4, 0.5) is 5.69 Å². The molecule has 12 heteroatoms. The topological polar surface area (TPSA) is 145 Å². The zero-order valence-electron chi connectivity index (χ0n) is 16.7. The number of hydrazine groups is 1. The standard InChI is InChI=1S/C20H17N5O6S/c1-32-20-21-11-16(24(20)14-7-3-2-4-8-14)19(28)31-12-17(26)22-23-18(27)13-6-5-9-15(10-13)25(29)30/h2-11H,12H2,1H3,(H,22,26)(H,23,27). The molecule has 0 aliphatic carbocycles. The Hall–Kier alpha value is -4.19. The van der Waals surface area contributed by atoms with E-state index in [0.717, 1.165) is 6.07 Å². The highest BCUT2D eigenvalue weighted by atomic mass is 32.2. The van der Waals surface area contributed by atoms with Gasteiger partial charge in [0.15, 0.2) is 17.5 Å². The van der Waals surface area contributed by atoms with E-state index in [1.54, 1.807) is 16.7 Å². The Morgan fingerprint density at radius 1 is 1.12 bits per heavy atom. The predicted octanol–water partition coefficient (Wildman–Crippen LogP) is 2.12. The van der Waals surface area contributed by atoms with Crippen LogP contribution in [0, 0.1) is 10.1 Å². The first-order chi connectivity index (χ1) is 15.4. The fraction of sp³-hybridized carbons (Fsp3) is 0.100. The summed E-state index contributed by atoms with van der Waals surface area (Å²) in [7, 11) is 0. The number of hydrogen-bond donors (Lipinski definition) is 2. The first-order valence-electron chi connectivity index (χ1n) is 9.08. The molecule has 2 N–H and O–H groups in total. The zero-order valence-corrected chi connectivity index (χ0v) is 17.5. The summed E-state index contributed by atoms with van der Waals surface area (Å²) in [6, 6.07) is 14.1. The Bertz CT molecular complexity index is 1160. The molecule has 11 nitrogen and oxygen atoms in total. The molecule has 0 saturated heterocycles. The van der Waals surface area contributed by atoms with Gasteiger partial charge in [-0.2, -0.15) is 0 Å². The van der Waals surface area contributed by atoms with Gasteiger partial charge in [0.2, 0.25) is 0 Å². The molecule has 0 bridgehead atoms. The van der Waals surface area contributed by atoms with Gasteiger partial charge < -0.3 is 4.74 Å². The normalized spacial score (nSPS) is 10.3. The Labute approximate surface area is 185 Å². The fourth-order valence-corrected chi connectivity index (χ4v) is 3.19. The van der Waals surface area contributed by atoms with Crippen LogP contribution in [0.25, 0.3) is 5.69 Å². The molecule has 1 aromatic heterocycles. The average Bonchev–Trinajstić information content (AvgIpc) is 3.26. The highest BCUT2D eigenvalue weighted by molar-refractivity contribution is 7.98. The first-order valence-corrected chi connectivity index (χ1v) is 10.3. The molecule has 32 heavy (non-hydrogen) atoms. The van der Waals surface area contributed by atoms with Crippen molar-refractivity contribution in [2.24, 2.45) is 0 Å². The second-order valence-corrected chi connectivity index (χ2v) is 6.96. The van der Waals surface area contributed by atoms with E-state index in [2.05, 4.69) is 15.8 Å². The van der Waals surface area contributed by atoms with Crippen LogP contribution in [-0.4, -0.2) is 45.1 Å². The molecule has 3 rings (SSSR count). The molecule has 0 aliphatic heterocycles. The molecule has 0 unspecified atom stereocenters. The summed E-state index contributed by atoms with van der Waals surface area (Å²) in [5, 5.41) is 11.4. The van der Waals surface area contributed by atoms with Crippen LogP contribution < -0.4 is 10.9 Å². The van der Waals surface area contributed by atoms with Gasteiger partial charge in [0, 0.05) is 23.4 Å². The fourth-order valence-electron chi connectivity index (χ4n) is 2.65. The number of nitrogens with zero attached hydrogens (tertiary/aromatic N) is 3. The van der Waals surface area contributed by atoms with Crippen molar-refractivity contribution in [3.63, 3.8) is 0 Å². The number of carbonyl (C=O) groups excluding carboxylic acids is 3. The number of nitro benzene ring substituents is 1. The lowest BCUT2D eigenvalue weighted by molar-refractivity contribution is -0.384. The number of thioether (sulfide) groups is 1. The smallest absolute Gasteiger partial charge is 0.357 e. The van der Waals surface area contributed by atoms with E-state index in [0.29, 0.717) is 10.8 Å². The minimum absolute atomic E-state index is 0.0205. The van der Waals surface area contributed by atoms with Crippen molar-refractivity contribution in [3.8, 4) is 5.69 Å². The Morgan fingerprint density at radius 2 is 1.88 bits per heavy atom.